The summed E-state index contributed by atoms with van der Waals surface area (Å²) in [6.07, 6.45) is 1.92. The van der Waals surface area contributed by atoms with Gasteiger partial charge in [0.15, 0.2) is 0 Å². The molecule has 1 aliphatic rings. The fourth-order valence-electron chi connectivity index (χ4n) is 2.74. The van der Waals surface area contributed by atoms with Crippen molar-refractivity contribution in [3.8, 4) is 0 Å². The second-order valence-electron chi connectivity index (χ2n) is 6.18. The highest BCUT2D eigenvalue weighted by atomic mass is 16.2. The Hall–Kier alpha value is -1.06. The first-order chi connectivity index (χ1) is 8.77. The minimum Gasteiger partial charge on any atom is -0.340 e. The van der Waals surface area contributed by atoms with Crippen LogP contribution in [0.4, 0.5) is 0 Å². The number of nitrogens with zero attached hydrogens (tertiary/aromatic N) is 1. The lowest BCUT2D eigenvalue weighted by molar-refractivity contribution is -0.163. The van der Waals surface area contributed by atoms with Crippen molar-refractivity contribution in [3.05, 3.63) is 0 Å². The summed E-state index contributed by atoms with van der Waals surface area (Å²) in [5.41, 5.74) is -1.42. The second-order valence-corrected chi connectivity index (χ2v) is 6.18. The Labute approximate surface area is 116 Å². The van der Waals surface area contributed by atoms with E-state index < -0.39 is 11.1 Å². The predicted molar refractivity (Wildman–Crippen MR) is 76.7 cm³/mol. The van der Waals surface area contributed by atoms with Gasteiger partial charge in [-0.15, -0.1) is 0 Å². The van der Waals surface area contributed by atoms with E-state index in [2.05, 4.69) is 19.2 Å². The van der Waals surface area contributed by atoms with Crippen LogP contribution in [0.25, 0.3) is 0 Å². The van der Waals surface area contributed by atoms with Gasteiger partial charge >= 0.3 is 0 Å². The van der Waals surface area contributed by atoms with Crippen LogP contribution in [-0.2, 0) is 9.59 Å². The Morgan fingerprint density at radius 1 is 1.11 bits per heavy atom. The van der Waals surface area contributed by atoms with Crippen LogP contribution in [0.15, 0.2) is 0 Å². The lowest BCUT2D eigenvalue weighted by atomic mass is 9.81. The molecular weight excluding hydrogens is 240 g/mol. The number of hydrogen-bond donors (Lipinski definition) is 1. The summed E-state index contributed by atoms with van der Waals surface area (Å²) >= 11 is 0. The Kier molecular flexibility index (Phi) is 4.64. The first kappa shape index (κ1) is 16.0. The monoisotopic (exact) mass is 268 g/mol. The molecule has 0 bridgehead atoms. The van der Waals surface area contributed by atoms with Crippen molar-refractivity contribution in [2.24, 2.45) is 5.92 Å². The summed E-state index contributed by atoms with van der Waals surface area (Å²) < 4.78 is 0. The summed E-state index contributed by atoms with van der Waals surface area (Å²) in [5, 5.41) is 2.99. The molecular formula is C15H28N2O2. The fourth-order valence-corrected chi connectivity index (χ4v) is 2.74. The van der Waals surface area contributed by atoms with E-state index in [9.17, 15) is 9.59 Å². The average Bonchev–Trinajstić information content (AvgIpc) is 2.39. The molecule has 1 N–H and O–H groups in total. The van der Waals surface area contributed by atoms with Crippen LogP contribution in [-0.4, -0.2) is 34.3 Å². The van der Waals surface area contributed by atoms with Crippen LogP contribution in [0, 0.1) is 5.92 Å². The molecule has 19 heavy (non-hydrogen) atoms. The highest BCUT2D eigenvalue weighted by molar-refractivity contribution is 6.02. The van der Waals surface area contributed by atoms with Crippen LogP contribution in [0.3, 0.4) is 0 Å². The van der Waals surface area contributed by atoms with Gasteiger partial charge < -0.3 is 10.2 Å². The maximum Gasteiger partial charge on any atom is 0.249 e. The van der Waals surface area contributed by atoms with Gasteiger partial charge in [-0.05, 0) is 32.1 Å². The quantitative estimate of drug-likeness (QED) is 0.832. The normalized spacial score (nSPS) is 26.8. The fraction of sp³-hybridized carbons (Fsp3) is 0.867. The third-order valence-electron chi connectivity index (χ3n) is 4.54. The van der Waals surface area contributed by atoms with Gasteiger partial charge in [-0.1, -0.05) is 34.6 Å². The summed E-state index contributed by atoms with van der Waals surface area (Å²) in [7, 11) is 0. The van der Waals surface area contributed by atoms with Crippen molar-refractivity contribution in [2.75, 3.05) is 6.54 Å². The standard InChI is InChI=1S/C15H28N2O2/c1-7-14(6)12(18)16-15(8-2,9-3)13(19)17(14)10-11(4)5/h11H,7-10H2,1-6H3,(H,16,18). The van der Waals surface area contributed by atoms with Crippen molar-refractivity contribution in [1.29, 1.82) is 0 Å². The maximum absolute atomic E-state index is 12.9. The minimum absolute atomic E-state index is 0.0149. The Bertz CT molecular complexity index is 361. The van der Waals surface area contributed by atoms with Crippen LogP contribution in [0.1, 0.15) is 60.8 Å². The van der Waals surface area contributed by atoms with Crippen LogP contribution >= 0.6 is 0 Å². The number of amides is 2. The summed E-state index contributed by atoms with van der Waals surface area (Å²) in [4.78, 5) is 27.2. The average molecular weight is 268 g/mol. The third kappa shape index (κ3) is 2.49. The zero-order chi connectivity index (χ0) is 14.8. The highest BCUT2D eigenvalue weighted by Crippen LogP contribution is 2.33. The van der Waals surface area contributed by atoms with E-state index in [0.717, 1.165) is 0 Å². The van der Waals surface area contributed by atoms with E-state index in [1.165, 1.54) is 0 Å². The first-order valence-corrected chi connectivity index (χ1v) is 7.42. The number of hydrogen-bond acceptors (Lipinski definition) is 2. The van der Waals surface area contributed by atoms with Crippen LogP contribution in [0.5, 0.6) is 0 Å². The molecule has 0 aromatic heterocycles. The molecule has 0 saturated carbocycles. The van der Waals surface area contributed by atoms with Crippen molar-refractivity contribution >= 4 is 11.8 Å². The number of nitrogens with one attached hydrogen (secondary N) is 1. The van der Waals surface area contributed by atoms with E-state index in [4.69, 9.17) is 0 Å². The topological polar surface area (TPSA) is 49.4 Å². The zero-order valence-electron chi connectivity index (χ0n) is 13.2. The lowest BCUT2D eigenvalue weighted by Gasteiger charge is -2.51. The van der Waals surface area contributed by atoms with Crippen molar-refractivity contribution in [2.45, 2.75) is 71.9 Å². The molecule has 110 valence electrons. The van der Waals surface area contributed by atoms with Gasteiger partial charge in [0.25, 0.3) is 0 Å². The van der Waals surface area contributed by atoms with E-state index in [-0.39, 0.29) is 11.8 Å². The van der Waals surface area contributed by atoms with Gasteiger partial charge in [0.05, 0.1) is 0 Å². The summed E-state index contributed by atoms with van der Waals surface area (Å²) in [6.45, 7) is 12.6. The molecule has 0 aromatic carbocycles. The van der Waals surface area contributed by atoms with Crippen LogP contribution < -0.4 is 5.32 Å². The number of carbonyl (C=O) groups is 2. The SMILES string of the molecule is CCC1(CC)NC(=O)C(C)(CC)N(CC(C)C)C1=O. The molecule has 1 fully saturated rings. The smallest absolute Gasteiger partial charge is 0.249 e. The molecule has 1 rings (SSSR count). The van der Waals surface area contributed by atoms with Gasteiger partial charge in [-0.25, -0.2) is 0 Å². The second kappa shape index (κ2) is 5.51. The van der Waals surface area contributed by atoms with Crippen molar-refractivity contribution in [3.63, 3.8) is 0 Å². The van der Waals surface area contributed by atoms with E-state index in [0.29, 0.717) is 31.7 Å². The van der Waals surface area contributed by atoms with Gasteiger partial charge in [-0.2, -0.15) is 0 Å². The lowest BCUT2D eigenvalue weighted by Crippen LogP contribution is -2.74. The molecule has 0 aromatic rings. The van der Waals surface area contributed by atoms with E-state index in [1.807, 2.05) is 32.6 Å². The highest BCUT2D eigenvalue weighted by Gasteiger charge is 2.54. The van der Waals surface area contributed by atoms with Gasteiger partial charge in [0.1, 0.15) is 11.1 Å². The predicted octanol–water partition coefficient (Wildman–Crippen LogP) is 2.33. The van der Waals surface area contributed by atoms with Crippen molar-refractivity contribution < 1.29 is 9.59 Å². The number of piperazine rings is 1. The molecule has 0 spiro atoms. The Morgan fingerprint density at radius 2 is 1.63 bits per heavy atom. The number of carbonyl (C=O) groups excluding carboxylic acids is 2. The summed E-state index contributed by atoms with van der Waals surface area (Å²) in [6, 6.07) is 0. The van der Waals surface area contributed by atoms with Gasteiger partial charge in [0, 0.05) is 6.54 Å². The van der Waals surface area contributed by atoms with E-state index >= 15 is 0 Å². The largest absolute Gasteiger partial charge is 0.340 e. The Balaban J connectivity index is 3.23. The molecule has 2 amide bonds. The summed E-state index contributed by atoms with van der Waals surface area (Å²) in [5.74, 6) is 0.418. The molecule has 1 unspecified atom stereocenters. The van der Waals surface area contributed by atoms with Crippen LogP contribution in [0.2, 0.25) is 0 Å². The molecule has 4 nitrogen and oxygen atoms in total. The third-order valence-corrected chi connectivity index (χ3v) is 4.54. The maximum atomic E-state index is 12.9. The Morgan fingerprint density at radius 3 is 2.00 bits per heavy atom. The van der Waals surface area contributed by atoms with Crippen molar-refractivity contribution in [1.82, 2.24) is 10.2 Å². The molecule has 1 atom stereocenters. The van der Waals surface area contributed by atoms with Gasteiger partial charge in [0.2, 0.25) is 11.8 Å². The molecule has 1 heterocycles. The van der Waals surface area contributed by atoms with Gasteiger partial charge in [-0.3, -0.25) is 9.59 Å². The zero-order valence-corrected chi connectivity index (χ0v) is 13.2. The molecule has 4 heteroatoms. The molecule has 1 saturated heterocycles. The molecule has 0 aliphatic carbocycles. The molecule has 1 aliphatic heterocycles. The van der Waals surface area contributed by atoms with E-state index in [1.54, 1.807) is 0 Å². The number of rotatable bonds is 5. The molecule has 0 radical (unpaired) electrons. The minimum atomic E-state index is -0.713. The first-order valence-electron chi connectivity index (χ1n) is 7.42.